The fourth-order valence-electron chi connectivity index (χ4n) is 1.85. The standard InChI is InChI=1S/C16H16N4O5/c1-2-7-25-14-5-3-11(8-13(14)20(23)24)9-18-19-15-6-4-12(10-17-15)16(21)22/h3-6,8-10H,2,7H2,1H3,(H,17,19)(H,21,22)/b18-9+. The topological polar surface area (TPSA) is 127 Å². The third kappa shape index (κ3) is 4.99. The smallest absolute Gasteiger partial charge is 0.337 e. The molecule has 0 amide bonds. The maximum atomic E-state index is 11.1. The molecular formula is C16H16N4O5. The quantitative estimate of drug-likeness (QED) is 0.428. The second-order valence-electron chi connectivity index (χ2n) is 4.94. The number of carboxylic acids is 1. The molecule has 25 heavy (non-hydrogen) atoms. The second kappa shape index (κ2) is 8.39. The number of nitro groups is 1. The molecule has 0 fully saturated rings. The molecule has 1 aromatic heterocycles. The fourth-order valence-corrected chi connectivity index (χ4v) is 1.85. The van der Waals surface area contributed by atoms with E-state index in [1.807, 2.05) is 6.92 Å². The molecule has 2 aromatic rings. The molecular weight excluding hydrogens is 328 g/mol. The van der Waals surface area contributed by atoms with Gasteiger partial charge in [0.05, 0.1) is 23.3 Å². The van der Waals surface area contributed by atoms with E-state index >= 15 is 0 Å². The van der Waals surface area contributed by atoms with Gasteiger partial charge in [-0.2, -0.15) is 5.10 Å². The summed E-state index contributed by atoms with van der Waals surface area (Å²) in [6, 6.07) is 7.37. The number of nitrogens with zero attached hydrogens (tertiary/aromatic N) is 3. The van der Waals surface area contributed by atoms with Crippen LogP contribution in [0.4, 0.5) is 11.5 Å². The lowest BCUT2D eigenvalue weighted by atomic mass is 10.2. The van der Waals surface area contributed by atoms with Crippen LogP contribution in [-0.2, 0) is 0 Å². The zero-order chi connectivity index (χ0) is 18.2. The van der Waals surface area contributed by atoms with E-state index < -0.39 is 10.9 Å². The van der Waals surface area contributed by atoms with Gasteiger partial charge in [0.2, 0.25) is 0 Å². The summed E-state index contributed by atoms with van der Waals surface area (Å²) in [6.07, 6.45) is 3.34. The van der Waals surface area contributed by atoms with Crippen molar-refractivity contribution in [3.8, 4) is 5.75 Å². The highest BCUT2D eigenvalue weighted by atomic mass is 16.6. The van der Waals surface area contributed by atoms with Crippen LogP contribution >= 0.6 is 0 Å². The molecule has 2 N–H and O–H groups in total. The van der Waals surface area contributed by atoms with E-state index in [0.29, 0.717) is 18.0 Å². The SMILES string of the molecule is CCCOc1ccc(/C=N/Nc2ccc(C(=O)O)cn2)cc1[N+](=O)[O-]. The molecule has 0 saturated carbocycles. The highest BCUT2D eigenvalue weighted by Gasteiger charge is 2.15. The number of anilines is 1. The third-order valence-corrected chi connectivity index (χ3v) is 3.04. The van der Waals surface area contributed by atoms with E-state index in [1.54, 1.807) is 6.07 Å². The van der Waals surface area contributed by atoms with Crippen LogP contribution in [0.25, 0.3) is 0 Å². The first-order valence-electron chi connectivity index (χ1n) is 7.41. The molecule has 1 aromatic carbocycles. The Hall–Kier alpha value is -3.49. The van der Waals surface area contributed by atoms with E-state index in [1.165, 1.54) is 36.7 Å². The fraction of sp³-hybridized carbons (Fsp3) is 0.188. The number of carbonyl (C=O) groups is 1. The number of hydrogen-bond acceptors (Lipinski definition) is 7. The van der Waals surface area contributed by atoms with Crippen molar-refractivity contribution in [3.05, 3.63) is 57.8 Å². The molecule has 0 aliphatic rings. The Balaban J connectivity index is 2.08. The molecule has 9 nitrogen and oxygen atoms in total. The van der Waals surface area contributed by atoms with Crippen molar-refractivity contribution < 1.29 is 19.6 Å². The maximum absolute atomic E-state index is 11.1. The minimum absolute atomic E-state index is 0.0628. The normalized spacial score (nSPS) is 10.6. The van der Waals surface area contributed by atoms with Crippen molar-refractivity contribution in [2.75, 3.05) is 12.0 Å². The lowest BCUT2D eigenvalue weighted by Crippen LogP contribution is -2.01. The molecule has 1 heterocycles. The predicted octanol–water partition coefficient (Wildman–Crippen LogP) is 2.92. The van der Waals surface area contributed by atoms with Crippen LogP contribution in [0, 0.1) is 10.1 Å². The average Bonchev–Trinajstić information content (AvgIpc) is 2.60. The van der Waals surface area contributed by atoms with Crippen molar-refractivity contribution in [1.29, 1.82) is 0 Å². The van der Waals surface area contributed by atoms with Gasteiger partial charge in [-0.3, -0.25) is 15.5 Å². The lowest BCUT2D eigenvalue weighted by Gasteiger charge is -2.05. The van der Waals surface area contributed by atoms with Gasteiger partial charge in [-0.1, -0.05) is 6.92 Å². The van der Waals surface area contributed by atoms with Crippen LogP contribution < -0.4 is 10.2 Å². The molecule has 2 rings (SSSR count). The van der Waals surface area contributed by atoms with E-state index in [-0.39, 0.29) is 17.0 Å². The summed E-state index contributed by atoms with van der Waals surface area (Å²) in [5, 5.41) is 23.8. The summed E-state index contributed by atoms with van der Waals surface area (Å²) in [7, 11) is 0. The number of ether oxygens (including phenoxy) is 1. The summed E-state index contributed by atoms with van der Waals surface area (Å²) in [4.78, 5) is 25.2. The van der Waals surface area contributed by atoms with Gasteiger partial charge in [-0.15, -0.1) is 0 Å². The largest absolute Gasteiger partial charge is 0.487 e. The van der Waals surface area contributed by atoms with Crippen molar-refractivity contribution in [2.45, 2.75) is 13.3 Å². The molecule has 0 spiro atoms. The Morgan fingerprint density at radius 1 is 1.44 bits per heavy atom. The Kier molecular flexibility index (Phi) is 5.99. The van der Waals surface area contributed by atoms with Gasteiger partial charge in [-0.25, -0.2) is 9.78 Å². The summed E-state index contributed by atoms with van der Waals surface area (Å²) in [5.41, 5.74) is 3.05. The number of benzene rings is 1. The Bertz CT molecular complexity index is 790. The average molecular weight is 344 g/mol. The number of carboxylic acid groups (broad SMARTS) is 1. The second-order valence-corrected chi connectivity index (χ2v) is 4.94. The summed E-state index contributed by atoms with van der Waals surface area (Å²) in [5.74, 6) is -0.512. The molecule has 0 unspecified atom stereocenters. The number of hydrazone groups is 1. The van der Waals surface area contributed by atoms with Crippen LogP contribution in [0.3, 0.4) is 0 Å². The lowest BCUT2D eigenvalue weighted by molar-refractivity contribution is -0.385. The Morgan fingerprint density at radius 3 is 2.84 bits per heavy atom. The van der Waals surface area contributed by atoms with E-state index in [9.17, 15) is 14.9 Å². The van der Waals surface area contributed by atoms with Crippen molar-refractivity contribution in [2.24, 2.45) is 5.10 Å². The minimum atomic E-state index is -1.07. The zero-order valence-corrected chi connectivity index (χ0v) is 13.4. The number of nitro benzene ring substituents is 1. The van der Waals surface area contributed by atoms with E-state index in [2.05, 4.69) is 15.5 Å². The van der Waals surface area contributed by atoms with Gasteiger partial charge >= 0.3 is 11.7 Å². The molecule has 0 saturated heterocycles. The van der Waals surface area contributed by atoms with E-state index in [4.69, 9.17) is 9.84 Å². The van der Waals surface area contributed by atoms with Crippen LogP contribution in [0.15, 0.2) is 41.6 Å². The molecule has 0 atom stereocenters. The predicted molar refractivity (Wildman–Crippen MR) is 91.3 cm³/mol. The molecule has 0 radical (unpaired) electrons. The third-order valence-electron chi connectivity index (χ3n) is 3.04. The van der Waals surface area contributed by atoms with Crippen LogP contribution in [-0.4, -0.2) is 33.8 Å². The van der Waals surface area contributed by atoms with Crippen LogP contribution in [0.2, 0.25) is 0 Å². The summed E-state index contributed by atoms with van der Waals surface area (Å²) >= 11 is 0. The van der Waals surface area contributed by atoms with Crippen LogP contribution in [0.1, 0.15) is 29.3 Å². The molecule has 0 bridgehead atoms. The number of pyridine rings is 1. The van der Waals surface area contributed by atoms with Gasteiger partial charge in [0.25, 0.3) is 0 Å². The number of hydrogen-bond donors (Lipinski definition) is 2. The Morgan fingerprint density at radius 2 is 2.24 bits per heavy atom. The van der Waals surface area contributed by atoms with E-state index in [0.717, 1.165) is 6.42 Å². The Labute approximate surface area is 143 Å². The van der Waals surface area contributed by atoms with Crippen LogP contribution in [0.5, 0.6) is 5.75 Å². The first-order valence-corrected chi connectivity index (χ1v) is 7.41. The number of nitrogens with one attached hydrogen (secondary N) is 1. The van der Waals surface area contributed by atoms with Gasteiger partial charge in [-0.05, 0) is 30.7 Å². The van der Waals surface area contributed by atoms with Gasteiger partial charge in [0.15, 0.2) is 5.75 Å². The molecule has 9 heteroatoms. The monoisotopic (exact) mass is 344 g/mol. The van der Waals surface area contributed by atoms with Crippen molar-refractivity contribution >= 4 is 23.7 Å². The first kappa shape index (κ1) is 17.9. The van der Waals surface area contributed by atoms with Gasteiger partial charge in [0, 0.05) is 17.8 Å². The minimum Gasteiger partial charge on any atom is -0.487 e. The van der Waals surface area contributed by atoms with Crippen molar-refractivity contribution in [3.63, 3.8) is 0 Å². The molecule has 0 aliphatic carbocycles. The first-order chi connectivity index (χ1) is 12.0. The molecule has 0 aliphatic heterocycles. The number of aromatic carboxylic acids is 1. The molecule has 130 valence electrons. The highest BCUT2D eigenvalue weighted by molar-refractivity contribution is 5.87. The number of aromatic nitrogens is 1. The summed E-state index contributed by atoms with van der Waals surface area (Å²) < 4.78 is 5.35. The number of rotatable bonds is 8. The zero-order valence-electron chi connectivity index (χ0n) is 13.4. The maximum Gasteiger partial charge on any atom is 0.337 e. The highest BCUT2D eigenvalue weighted by Crippen LogP contribution is 2.27. The van der Waals surface area contributed by atoms with Gasteiger partial charge < -0.3 is 9.84 Å². The van der Waals surface area contributed by atoms with Gasteiger partial charge in [0.1, 0.15) is 5.82 Å². The summed E-state index contributed by atoms with van der Waals surface area (Å²) in [6.45, 7) is 2.31. The van der Waals surface area contributed by atoms with Crippen molar-refractivity contribution in [1.82, 2.24) is 4.98 Å².